The van der Waals surface area contributed by atoms with Crippen molar-refractivity contribution in [3.8, 4) is 0 Å². The second-order valence-corrected chi connectivity index (χ2v) is 15.0. The van der Waals surface area contributed by atoms with Crippen LogP contribution in [0.4, 0.5) is 4.79 Å². The predicted molar refractivity (Wildman–Crippen MR) is 256 cm³/mol. The Bertz CT molecular complexity index is 2450. The number of ether oxygens (including phenoxy) is 1. The number of fused-ring (bicyclic) bond motifs is 2. The van der Waals surface area contributed by atoms with Gasteiger partial charge in [-0.15, -0.1) is 0 Å². The summed E-state index contributed by atoms with van der Waals surface area (Å²) in [5, 5.41) is 2.73. The molecule has 0 spiro atoms. The Labute approximate surface area is 383 Å². The minimum atomic E-state index is -0.869. The number of hydrogen-bond donors (Lipinski definition) is 3. The van der Waals surface area contributed by atoms with Crippen LogP contribution in [0, 0.1) is 0 Å². The second kappa shape index (κ2) is 23.0. The van der Waals surface area contributed by atoms with Crippen molar-refractivity contribution in [2.75, 3.05) is 27.3 Å². The molecule has 2 aliphatic heterocycles. The number of aryl methyl sites for hydroxylation is 2. The van der Waals surface area contributed by atoms with Crippen LogP contribution >= 0.6 is 27.0 Å². The Hall–Kier alpha value is -5.84. The molecular formula is C47H60N8O6S2. The third kappa shape index (κ3) is 11.2. The number of rotatable bonds is 14. The topological polar surface area (TPSA) is 167 Å². The molecule has 6 aromatic rings. The molecule has 14 nitrogen and oxygen atoms in total. The average Bonchev–Trinajstić information content (AvgIpc) is 4.10. The van der Waals surface area contributed by atoms with E-state index in [1.165, 1.54) is 31.7 Å². The van der Waals surface area contributed by atoms with Gasteiger partial charge in [0.2, 0.25) is 6.40 Å². The Morgan fingerprint density at radius 3 is 1.76 bits per heavy atom. The van der Waals surface area contributed by atoms with Crippen molar-refractivity contribution in [3.63, 3.8) is 0 Å². The number of imidazole rings is 2. The van der Waals surface area contributed by atoms with Gasteiger partial charge in [-0.3, -0.25) is 9.59 Å². The van der Waals surface area contributed by atoms with Gasteiger partial charge in [-0.1, -0.05) is 87.6 Å². The van der Waals surface area contributed by atoms with Gasteiger partial charge in [0.25, 0.3) is 11.8 Å². The molecule has 336 valence electrons. The zero-order valence-electron chi connectivity index (χ0n) is 34.2. The Kier molecular flexibility index (Phi) is 18.2. The highest BCUT2D eigenvalue weighted by Gasteiger charge is 2.38. The molecule has 3 N–H and O–H groups in total. The van der Waals surface area contributed by atoms with Crippen LogP contribution in [-0.2, 0) is 36.9 Å². The molecule has 2 aliphatic rings. The molecule has 16 heteroatoms. The number of likely N-dealkylation sites (tertiary alicyclic amines) is 2. The number of nitrogens with zero attached hydrogens (tertiary/aromatic N) is 5. The van der Waals surface area contributed by atoms with Crippen LogP contribution in [0.15, 0.2) is 102 Å². The molecular weight excluding hydrogens is 837 g/mol. The number of benzene rings is 4. The van der Waals surface area contributed by atoms with Gasteiger partial charge in [0.15, 0.2) is 6.04 Å². The summed E-state index contributed by atoms with van der Waals surface area (Å²) in [6.45, 7) is 1.18. The Balaban J connectivity index is 0.00000218. The van der Waals surface area contributed by atoms with Gasteiger partial charge in [0, 0.05) is 13.1 Å². The fourth-order valence-corrected chi connectivity index (χ4v) is 8.40. The monoisotopic (exact) mass is 896 g/mol. The molecule has 2 fully saturated rings. The van der Waals surface area contributed by atoms with Gasteiger partial charge >= 0.3 is 6.09 Å². The molecule has 63 heavy (non-hydrogen) atoms. The molecule has 2 saturated heterocycles. The van der Waals surface area contributed by atoms with E-state index in [0.29, 0.717) is 18.7 Å². The highest BCUT2D eigenvalue weighted by Crippen LogP contribution is 2.36. The average molecular weight is 897 g/mol. The van der Waals surface area contributed by atoms with Gasteiger partial charge in [-0.2, -0.15) is 31.9 Å². The maximum atomic E-state index is 13.9. The number of carbonyl (C=O) groups is 3. The predicted octanol–water partition coefficient (Wildman–Crippen LogP) is 8.88. The van der Waals surface area contributed by atoms with E-state index in [9.17, 15) is 14.4 Å². The first-order valence-corrected chi connectivity index (χ1v) is 20.1. The van der Waals surface area contributed by atoms with E-state index in [4.69, 9.17) is 19.6 Å². The number of nitrogens with one attached hydrogen (secondary N) is 3. The number of amides is 3. The van der Waals surface area contributed by atoms with Crippen LogP contribution in [0.5, 0.6) is 0 Å². The zero-order valence-corrected chi connectivity index (χ0v) is 36.2. The van der Waals surface area contributed by atoms with Crippen molar-refractivity contribution >= 4 is 73.4 Å². The van der Waals surface area contributed by atoms with Crippen LogP contribution in [0.2, 0.25) is 0 Å². The summed E-state index contributed by atoms with van der Waals surface area (Å²) in [6.07, 6.45) is 6.49. The van der Waals surface area contributed by atoms with Gasteiger partial charge in [-0.05, 0) is 91.5 Å². The summed E-state index contributed by atoms with van der Waals surface area (Å²) in [6, 6.07) is 29.3. The van der Waals surface area contributed by atoms with E-state index in [2.05, 4.69) is 49.4 Å². The molecule has 0 unspecified atom stereocenters. The molecule has 0 saturated carbocycles. The van der Waals surface area contributed by atoms with E-state index in [-0.39, 0.29) is 65.7 Å². The van der Waals surface area contributed by atoms with E-state index in [1.807, 2.05) is 82.6 Å². The lowest BCUT2D eigenvalue weighted by Crippen LogP contribution is -2.42. The van der Waals surface area contributed by atoms with Gasteiger partial charge in [0.05, 0.1) is 48.4 Å². The molecule has 0 bridgehead atoms. The molecule has 8 rings (SSSR count). The summed E-state index contributed by atoms with van der Waals surface area (Å²) in [5.74, 6) is 1.21. The fourth-order valence-electron chi connectivity index (χ4n) is 8.40. The van der Waals surface area contributed by atoms with Crippen LogP contribution < -0.4 is 5.32 Å². The van der Waals surface area contributed by atoms with Crippen molar-refractivity contribution in [1.82, 2.24) is 35.1 Å². The van der Waals surface area contributed by atoms with Crippen molar-refractivity contribution in [2.24, 2.45) is 4.99 Å². The lowest BCUT2D eigenvalue weighted by atomic mass is 10.0. The highest BCUT2D eigenvalue weighted by atomic mass is 32.1. The SMILES string of the molecule is C.C.COOC=N[C@@H](C(=O)N1CCC[C@H]1c1nc2ccc(CCCc3ccc4nc([C@@H]5CCCN5C(=O)[C@H](NC(=O)OC)c5ccccc5)[nH]c4c3)cc2[nH]1)c1ccccc1.S.S. The number of hydrogen-bond acceptors (Lipinski definition) is 9. The number of H-pyrrole nitrogens is 2. The van der Waals surface area contributed by atoms with E-state index >= 15 is 0 Å². The molecule has 4 aromatic carbocycles. The van der Waals surface area contributed by atoms with Gasteiger partial charge in [0.1, 0.15) is 17.7 Å². The van der Waals surface area contributed by atoms with Crippen molar-refractivity contribution in [3.05, 3.63) is 131 Å². The van der Waals surface area contributed by atoms with Gasteiger partial charge < -0.3 is 34.7 Å². The normalized spacial score (nSPS) is 16.7. The van der Waals surface area contributed by atoms with Crippen LogP contribution in [-0.4, -0.2) is 81.4 Å². The van der Waals surface area contributed by atoms with Crippen molar-refractivity contribution in [2.45, 2.75) is 84.0 Å². The molecule has 4 atom stereocenters. The molecule has 2 aromatic heterocycles. The number of carbonyl (C=O) groups excluding carboxylic acids is 3. The maximum Gasteiger partial charge on any atom is 0.407 e. The van der Waals surface area contributed by atoms with E-state index in [0.717, 1.165) is 84.2 Å². The molecule has 0 radical (unpaired) electrons. The summed E-state index contributed by atoms with van der Waals surface area (Å²) in [7, 11) is 2.68. The first kappa shape index (κ1) is 49.8. The smallest absolute Gasteiger partial charge is 0.407 e. The fraction of sp³-hybridized carbons (Fsp3) is 0.362. The summed E-state index contributed by atoms with van der Waals surface area (Å²) < 4.78 is 4.84. The number of aromatic amines is 2. The highest BCUT2D eigenvalue weighted by molar-refractivity contribution is 7.59. The van der Waals surface area contributed by atoms with Crippen LogP contribution in [0.1, 0.15) is 105 Å². The zero-order chi connectivity index (χ0) is 40.7. The number of alkyl carbamates (subject to hydrolysis) is 1. The maximum absolute atomic E-state index is 13.9. The first-order chi connectivity index (χ1) is 28.9. The largest absolute Gasteiger partial charge is 0.453 e. The van der Waals surface area contributed by atoms with E-state index < -0.39 is 18.2 Å². The molecule has 0 aliphatic carbocycles. The number of methoxy groups -OCH3 is 1. The summed E-state index contributed by atoms with van der Waals surface area (Å²) >= 11 is 0. The summed E-state index contributed by atoms with van der Waals surface area (Å²) in [4.78, 5) is 74.6. The van der Waals surface area contributed by atoms with Crippen LogP contribution in [0.3, 0.4) is 0 Å². The standard InChI is InChI=1S/C45H48N8O6.2CH4.2H2S/c1-57-45(56)51-40(32-16-7-4-8-17-32)44(55)53-25-11-19-38(53)42-48-34-23-21-30(27-36(34)50-42)13-9-12-29-20-22-33-35(26-29)49-41(47-33)37-18-10-24-52(37)43(54)39(46-28-59-58-2)31-14-5-3-6-15-31;;;;/h3-8,14-17,20-23,26-28,37-40H,9-13,18-19,24-25H2,1-2H3,(H,47,49)(H,48,50)(H,51,56);2*1H4;2*1H2/t37-,38-,39+,40+;;;;/m0..../s1. The van der Waals surface area contributed by atoms with Crippen molar-refractivity contribution < 1.29 is 28.9 Å². The second-order valence-electron chi connectivity index (χ2n) is 15.0. The minimum Gasteiger partial charge on any atom is -0.453 e. The van der Waals surface area contributed by atoms with Gasteiger partial charge in [-0.25, -0.2) is 19.8 Å². The number of aliphatic imine (C=N–C) groups is 1. The minimum absolute atomic E-state index is 0. The lowest BCUT2D eigenvalue weighted by molar-refractivity contribution is -0.188. The lowest BCUT2D eigenvalue weighted by Gasteiger charge is -2.28. The summed E-state index contributed by atoms with van der Waals surface area (Å²) in [5.41, 5.74) is 7.46. The molecule has 4 heterocycles. The Morgan fingerprint density at radius 1 is 0.746 bits per heavy atom. The Morgan fingerprint density at radius 2 is 1.25 bits per heavy atom. The third-order valence-corrected chi connectivity index (χ3v) is 11.3. The quantitative estimate of drug-likeness (QED) is 0.0422. The number of aromatic nitrogens is 4. The first-order valence-electron chi connectivity index (χ1n) is 20.1. The van der Waals surface area contributed by atoms with E-state index in [1.54, 1.807) is 0 Å². The third-order valence-electron chi connectivity index (χ3n) is 11.3. The van der Waals surface area contributed by atoms with Crippen molar-refractivity contribution in [1.29, 1.82) is 0 Å². The van der Waals surface area contributed by atoms with Crippen LogP contribution in [0.25, 0.3) is 22.1 Å². The molecule has 3 amide bonds.